The zero-order valence-corrected chi connectivity index (χ0v) is 9.15. The number of alkyl halides is 1. The van der Waals surface area contributed by atoms with Crippen molar-refractivity contribution in [3.63, 3.8) is 0 Å². The predicted octanol–water partition coefficient (Wildman–Crippen LogP) is 2.83. The van der Waals surface area contributed by atoms with E-state index >= 15 is 0 Å². The molecule has 4 heteroatoms. The fourth-order valence-corrected chi connectivity index (χ4v) is 0.886. The van der Waals surface area contributed by atoms with Gasteiger partial charge in [0.15, 0.2) is 5.56 Å². The van der Waals surface area contributed by atoms with Gasteiger partial charge in [-0.05, 0) is 5.56 Å². The molecule has 0 fully saturated rings. The monoisotopic (exact) mass is 228 g/mol. The Kier molecular flexibility index (Phi) is 7.32. The normalized spacial score (nSPS) is 10.8. The number of carboxylic acid groups (broad SMARTS) is 1. The molecule has 1 unspecified atom stereocenters. The van der Waals surface area contributed by atoms with Crippen LogP contribution in [0.15, 0.2) is 43.0 Å². The van der Waals surface area contributed by atoms with E-state index in [1.165, 1.54) is 0 Å². The van der Waals surface area contributed by atoms with Crippen molar-refractivity contribution in [1.29, 1.82) is 0 Å². The van der Waals surface area contributed by atoms with Crippen molar-refractivity contribution < 1.29 is 14.6 Å². The van der Waals surface area contributed by atoms with E-state index in [0.29, 0.717) is 0 Å². The molecule has 0 bridgehead atoms. The lowest BCUT2D eigenvalue weighted by atomic mass is 10.2. The molecule has 15 heavy (non-hydrogen) atoms. The van der Waals surface area contributed by atoms with Crippen molar-refractivity contribution in [3.05, 3.63) is 48.6 Å². The Morgan fingerprint density at radius 3 is 2.33 bits per heavy atom. The highest BCUT2D eigenvalue weighted by Crippen LogP contribution is 2.19. The smallest absolute Gasteiger partial charge is 0.327 e. The SMILES string of the molecule is C=CC(=O)O.COC(Cl)c1ccccc1. The van der Waals surface area contributed by atoms with Crippen LogP contribution in [0.25, 0.3) is 0 Å². The first-order chi connectivity index (χ1) is 7.11. The van der Waals surface area contributed by atoms with E-state index in [9.17, 15) is 4.79 Å². The topological polar surface area (TPSA) is 46.5 Å². The van der Waals surface area contributed by atoms with Crippen molar-refractivity contribution in [3.8, 4) is 0 Å². The average Bonchev–Trinajstić information content (AvgIpc) is 2.30. The quantitative estimate of drug-likeness (QED) is 0.639. The number of benzene rings is 1. The summed E-state index contributed by atoms with van der Waals surface area (Å²) in [5, 5.41) is 7.60. The summed E-state index contributed by atoms with van der Waals surface area (Å²) in [7, 11) is 1.59. The van der Waals surface area contributed by atoms with E-state index in [1.54, 1.807) is 7.11 Å². The van der Waals surface area contributed by atoms with Gasteiger partial charge in [0.05, 0.1) is 0 Å². The number of ether oxygens (including phenoxy) is 1. The Balaban J connectivity index is 0.000000336. The summed E-state index contributed by atoms with van der Waals surface area (Å²) < 4.78 is 4.90. The minimum Gasteiger partial charge on any atom is -0.478 e. The van der Waals surface area contributed by atoms with E-state index in [1.807, 2.05) is 30.3 Å². The van der Waals surface area contributed by atoms with Crippen LogP contribution in [-0.2, 0) is 9.53 Å². The zero-order chi connectivity index (χ0) is 11.7. The van der Waals surface area contributed by atoms with Gasteiger partial charge in [-0.25, -0.2) is 4.79 Å². The lowest BCUT2D eigenvalue weighted by molar-refractivity contribution is -0.131. The molecule has 0 aliphatic rings. The molecule has 0 amide bonds. The van der Waals surface area contributed by atoms with Crippen molar-refractivity contribution in [2.75, 3.05) is 7.11 Å². The van der Waals surface area contributed by atoms with Gasteiger partial charge in [0.25, 0.3) is 0 Å². The number of halogens is 1. The summed E-state index contributed by atoms with van der Waals surface area (Å²) in [5.74, 6) is -0.981. The lowest BCUT2D eigenvalue weighted by Gasteiger charge is -2.05. The van der Waals surface area contributed by atoms with Crippen LogP contribution >= 0.6 is 11.6 Å². The second kappa shape index (κ2) is 8.03. The number of hydrogen-bond acceptors (Lipinski definition) is 2. The molecule has 1 aromatic rings. The predicted molar refractivity (Wildman–Crippen MR) is 59.9 cm³/mol. The van der Waals surface area contributed by atoms with Crippen LogP contribution in [0.2, 0.25) is 0 Å². The van der Waals surface area contributed by atoms with Gasteiger partial charge in [-0.1, -0.05) is 48.5 Å². The van der Waals surface area contributed by atoms with Gasteiger partial charge in [-0.2, -0.15) is 0 Å². The summed E-state index contributed by atoms with van der Waals surface area (Å²) in [4.78, 5) is 9.25. The molecule has 0 aromatic heterocycles. The largest absolute Gasteiger partial charge is 0.478 e. The maximum atomic E-state index is 9.25. The van der Waals surface area contributed by atoms with Crippen LogP contribution in [0.3, 0.4) is 0 Å². The van der Waals surface area contributed by atoms with E-state index in [-0.39, 0.29) is 5.56 Å². The molecule has 1 atom stereocenters. The van der Waals surface area contributed by atoms with E-state index in [2.05, 4.69) is 6.58 Å². The molecule has 0 radical (unpaired) electrons. The molecule has 3 nitrogen and oxygen atoms in total. The Bertz CT molecular complexity index is 298. The fraction of sp³-hybridized carbons (Fsp3) is 0.182. The minimum absolute atomic E-state index is 0.318. The Labute approximate surface area is 93.9 Å². The summed E-state index contributed by atoms with van der Waals surface area (Å²) in [6.07, 6.45) is 0.833. The Hall–Kier alpha value is -1.32. The molecule has 0 heterocycles. The molecule has 82 valence electrons. The Morgan fingerprint density at radius 1 is 1.53 bits per heavy atom. The van der Waals surface area contributed by atoms with Crippen molar-refractivity contribution in [1.82, 2.24) is 0 Å². The third-order valence-corrected chi connectivity index (χ3v) is 1.87. The second-order valence-electron chi connectivity index (χ2n) is 2.50. The number of aliphatic carboxylic acids is 1. The average molecular weight is 229 g/mol. The van der Waals surface area contributed by atoms with Crippen molar-refractivity contribution in [2.45, 2.75) is 5.56 Å². The summed E-state index contributed by atoms with van der Waals surface area (Å²) >= 11 is 5.77. The second-order valence-corrected chi connectivity index (χ2v) is 2.90. The summed E-state index contributed by atoms with van der Waals surface area (Å²) in [6.45, 7) is 2.96. The van der Waals surface area contributed by atoms with Gasteiger partial charge in [0.1, 0.15) is 0 Å². The van der Waals surface area contributed by atoms with Gasteiger partial charge in [-0.15, -0.1) is 0 Å². The van der Waals surface area contributed by atoms with E-state index < -0.39 is 5.97 Å². The van der Waals surface area contributed by atoms with Gasteiger partial charge in [-0.3, -0.25) is 0 Å². The first kappa shape index (κ1) is 13.7. The first-order valence-electron chi connectivity index (χ1n) is 4.19. The summed E-state index contributed by atoms with van der Waals surface area (Å²) in [5.41, 5.74) is 0.674. The molecule has 0 spiro atoms. The maximum absolute atomic E-state index is 9.25. The van der Waals surface area contributed by atoms with E-state index in [0.717, 1.165) is 11.6 Å². The number of methoxy groups -OCH3 is 1. The van der Waals surface area contributed by atoms with Crippen LogP contribution < -0.4 is 0 Å². The molecule has 1 rings (SSSR count). The highest BCUT2D eigenvalue weighted by Gasteiger charge is 2.02. The molecule has 0 saturated carbocycles. The third-order valence-electron chi connectivity index (χ3n) is 1.44. The minimum atomic E-state index is -0.981. The van der Waals surface area contributed by atoms with Gasteiger partial charge >= 0.3 is 5.97 Å². The number of hydrogen-bond donors (Lipinski definition) is 1. The van der Waals surface area contributed by atoms with Crippen molar-refractivity contribution >= 4 is 17.6 Å². The molecule has 0 aliphatic heterocycles. The number of rotatable bonds is 3. The van der Waals surface area contributed by atoms with Crippen LogP contribution in [0.1, 0.15) is 11.1 Å². The lowest BCUT2D eigenvalue weighted by Crippen LogP contribution is -1.90. The highest BCUT2D eigenvalue weighted by molar-refractivity contribution is 6.19. The Morgan fingerprint density at radius 2 is 2.00 bits per heavy atom. The van der Waals surface area contributed by atoms with Gasteiger partial charge in [0.2, 0.25) is 0 Å². The summed E-state index contributed by atoms with van der Waals surface area (Å²) in [6, 6.07) is 9.68. The molecule has 0 saturated heterocycles. The zero-order valence-electron chi connectivity index (χ0n) is 8.39. The fourth-order valence-electron chi connectivity index (χ4n) is 0.740. The molecule has 1 aromatic carbocycles. The molecule has 1 N–H and O–H groups in total. The number of carbonyl (C=O) groups is 1. The van der Waals surface area contributed by atoms with Crippen LogP contribution in [0, 0.1) is 0 Å². The molecular weight excluding hydrogens is 216 g/mol. The van der Waals surface area contributed by atoms with E-state index in [4.69, 9.17) is 21.4 Å². The van der Waals surface area contributed by atoms with Crippen molar-refractivity contribution in [2.24, 2.45) is 0 Å². The molecular formula is C11H13ClO3. The van der Waals surface area contributed by atoms with Crippen LogP contribution in [0.5, 0.6) is 0 Å². The van der Waals surface area contributed by atoms with Crippen LogP contribution in [-0.4, -0.2) is 18.2 Å². The number of carboxylic acids is 1. The van der Waals surface area contributed by atoms with Crippen LogP contribution in [0.4, 0.5) is 0 Å². The standard InChI is InChI=1S/C8H9ClO.C3H4O2/c1-10-8(9)7-5-3-2-4-6-7;1-2-3(4)5/h2-6,8H,1H3;2H,1H2,(H,4,5). The molecule has 0 aliphatic carbocycles. The highest BCUT2D eigenvalue weighted by atomic mass is 35.5. The maximum Gasteiger partial charge on any atom is 0.327 e. The van der Waals surface area contributed by atoms with Gasteiger partial charge in [0, 0.05) is 13.2 Å². The van der Waals surface area contributed by atoms with Gasteiger partial charge < -0.3 is 9.84 Å². The first-order valence-corrected chi connectivity index (χ1v) is 4.62. The third kappa shape index (κ3) is 6.71.